The lowest BCUT2D eigenvalue weighted by Gasteiger charge is -2.14. The molecule has 1 saturated heterocycles. The largest absolute Gasteiger partial charge is 0.433 e. The molecular formula is C18H7F6N3OS3. The molecule has 4 rings (SSSR count). The van der Waals surface area contributed by atoms with E-state index >= 15 is 0 Å². The molecule has 3 aromatic rings. The molecule has 4 heterocycles. The zero-order valence-corrected chi connectivity index (χ0v) is 17.2. The van der Waals surface area contributed by atoms with Crippen LogP contribution in [0.25, 0.3) is 28.4 Å². The maximum absolute atomic E-state index is 13.3. The molecule has 31 heavy (non-hydrogen) atoms. The second-order valence-corrected chi connectivity index (χ2v) is 8.87. The summed E-state index contributed by atoms with van der Waals surface area (Å²) in [5, 5.41) is 3.55. The average molecular weight is 491 g/mol. The Kier molecular flexibility index (Phi) is 5.30. The fourth-order valence-electron chi connectivity index (χ4n) is 2.76. The minimum absolute atomic E-state index is 0.0205. The smallest absolute Gasteiger partial charge is 0.307 e. The molecule has 0 spiro atoms. The number of thiocarbonyl (C=S) groups is 1. The molecule has 4 nitrogen and oxygen atoms in total. The maximum Gasteiger partial charge on any atom is 0.433 e. The van der Waals surface area contributed by atoms with Crippen molar-refractivity contribution in [2.24, 2.45) is 0 Å². The molecule has 0 aliphatic carbocycles. The molecule has 1 N–H and O–H groups in total. The zero-order valence-electron chi connectivity index (χ0n) is 14.8. The summed E-state index contributed by atoms with van der Waals surface area (Å²) in [7, 11) is 0. The van der Waals surface area contributed by atoms with E-state index in [-0.39, 0.29) is 17.7 Å². The molecule has 0 unspecified atom stereocenters. The molecule has 0 atom stereocenters. The highest BCUT2D eigenvalue weighted by Gasteiger charge is 2.39. The lowest BCUT2D eigenvalue weighted by Crippen LogP contribution is -2.17. The van der Waals surface area contributed by atoms with Gasteiger partial charge in [-0.2, -0.15) is 26.3 Å². The second kappa shape index (κ2) is 7.57. The van der Waals surface area contributed by atoms with Crippen LogP contribution in [0.3, 0.4) is 0 Å². The topological polar surface area (TPSA) is 54.9 Å². The molecule has 0 bridgehead atoms. The first-order valence-electron chi connectivity index (χ1n) is 8.22. The van der Waals surface area contributed by atoms with Crippen molar-refractivity contribution in [1.82, 2.24) is 15.3 Å². The van der Waals surface area contributed by atoms with Gasteiger partial charge in [-0.15, -0.1) is 11.3 Å². The minimum Gasteiger partial charge on any atom is -0.307 e. The van der Waals surface area contributed by atoms with E-state index in [0.29, 0.717) is 19.7 Å². The van der Waals surface area contributed by atoms with Crippen LogP contribution in [-0.4, -0.2) is 20.2 Å². The van der Waals surface area contributed by atoms with Gasteiger partial charge < -0.3 is 5.32 Å². The van der Waals surface area contributed by atoms with E-state index < -0.39 is 34.6 Å². The van der Waals surface area contributed by atoms with Crippen LogP contribution in [0.2, 0.25) is 0 Å². The zero-order chi connectivity index (χ0) is 22.6. The standard InChI is InChI=1S/C18H7F6N3OS3/c19-17(20,21)10-5-13(18(22,23)24)26-14-9(10)1-2-11(25-14)7-3-8(30-6-7)4-12-15(28)27-16(29)31-12/h1-6H,(H,27,28,29)/b12-4-. The van der Waals surface area contributed by atoms with E-state index in [2.05, 4.69) is 15.3 Å². The third kappa shape index (κ3) is 4.43. The van der Waals surface area contributed by atoms with E-state index in [1.807, 2.05) is 0 Å². The van der Waals surface area contributed by atoms with Gasteiger partial charge in [0.15, 0.2) is 5.65 Å². The van der Waals surface area contributed by atoms with Crippen LogP contribution in [0.5, 0.6) is 0 Å². The number of hydrogen-bond donors (Lipinski definition) is 1. The van der Waals surface area contributed by atoms with Gasteiger partial charge in [0.05, 0.1) is 16.2 Å². The van der Waals surface area contributed by atoms with E-state index in [1.54, 1.807) is 17.5 Å². The van der Waals surface area contributed by atoms with Crippen LogP contribution in [0, 0.1) is 0 Å². The van der Waals surface area contributed by atoms with Crippen molar-refractivity contribution in [3.05, 3.63) is 50.7 Å². The number of thioether (sulfide) groups is 1. The van der Waals surface area contributed by atoms with Crippen LogP contribution >= 0.6 is 35.3 Å². The first-order valence-corrected chi connectivity index (χ1v) is 10.3. The number of carbonyl (C=O) groups excluding carboxylic acids is 1. The van der Waals surface area contributed by atoms with Crippen LogP contribution in [0.4, 0.5) is 26.3 Å². The van der Waals surface area contributed by atoms with Crippen molar-refractivity contribution in [3.8, 4) is 11.3 Å². The number of amides is 1. The summed E-state index contributed by atoms with van der Waals surface area (Å²) < 4.78 is 79.4. The maximum atomic E-state index is 13.3. The Morgan fingerprint density at radius 3 is 2.39 bits per heavy atom. The Labute approximate surface area is 183 Å². The van der Waals surface area contributed by atoms with Crippen molar-refractivity contribution in [1.29, 1.82) is 0 Å². The van der Waals surface area contributed by atoms with Crippen molar-refractivity contribution >= 4 is 62.7 Å². The molecule has 0 saturated carbocycles. The molecule has 1 aliphatic rings. The van der Waals surface area contributed by atoms with E-state index in [9.17, 15) is 31.1 Å². The van der Waals surface area contributed by atoms with E-state index in [0.717, 1.165) is 17.8 Å². The summed E-state index contributed by atoms with van der Waals surface area (Å²) in [6.07, 6.45) is -8.49. The molecule has 160 valence electrons. The summed E-state index contributed by atoms with van der Waals surface area (Å²) in [5.41, 5.74) is -3.19. The number of carbonyl (C=O) groups is 1. The molecule has 0 aromatic carbocycles. The molecule has 1 fully saturated rings. The van der Waals surface area contributed by atoms with Gasteiger partial charge in [-0.25, -0.2) is 9.97 Å². The number of alkyl halides is 6. The Hall–Kier alpha value is -2.51. The van der Waals surface area contributed by atoms with Crippen molar-refractivity contribution in [2.75, 3.05) is 0 Å². The number of rotatable bonds is 2. The van der Waals surface area contributed by atoms with Gasteiger partial charge in [-0.3, -0.25) is 4.79 Å². The van der Waals surface area contributed by atoms with Gasteiger partial charge in [0.25, 0.3) is 5.91 Å². The number of fused-ring (bicyclic) bond motifs is 1. The fraction of sp³-hybridized carbons (Fsp3) is 0.111. The normalized spacial score (nSPS) is 16.4. The van der Waals surface area contributed by atoms with Gasteiger partial charge in [0.2, 0.25) is 0 Å². The summed E-state index contributed by atoms with van der Waals surface area (Å²) in [6, 6.07) is 3.91. The monoisotopic (exact) mass is 491 g/mol. The summed E-state index contributed by atoms with van der Waals surface area (Å²) in [4.78, 5) is 20.0. The number of aromatic nitrogens is 2. The SMILES string of the molecule is O=C1NC(=S)S/C1=C\c1cc(-c2ccc3c(C(F)(F)F)cc(C(F)(F)F)nc3n2)cs1. The number of nitrogens with one attached hydrogen (secondary N) is 1. The number of pyridine rings is 2. The number of halogens is 6. The van der Waals surface area contributed by atoms with Gasteiger partial charge in [-0.05, 0) is 30.3 Å². The number of hydrogen-bond acceptors (Lipinski definition) is 6. The van der Waals surface area contributed by atoms with Crippen LogP contribution < -0.4 is 5.32 Å². The average Bonchev–Trinajstić information content (AvgIpc) is 3.25. The Morgan fingerprint density at radius 2 is 1.77 bits per heavy atom. The molecule has 1 aliphatic heterocycles. The first kappa shape index (κ1) is 21.7. The van der Waals surface area contributed by atoms with Gasteiger partial charge in [0.1, 0.15) is 10.0 Å². The van der Waals surface area contributed by atoms with Gasteiger partial charge in [0, 0.05) is 21.2 Å². The highest BCUT2D eigenvalue weighted by molar-refractivity contribution is 8.26. The molecular weight excluding hydrogens is 484 g/mol. The predicted octanol–water partition coefficient (Wildman–Crippen LogP) is 5.88. The van der Waals surface area contributed by atoms with Crippen LogP contribution in [0.15, 0.2) is 34.6 Å². The van der Waals surface area contributed by atoms with Gasteiger partial charge in [-0.1, -0.05) is 24.0 Å². The number of nitrogens with zero attached hydrogens (tertiary/aromatic N) is 2. The molecule has 3 aromatic heterocycles. The summed E-state index contributed by atoms with van der Waals surface area (Å²) in [5.74, 6) is -0.350. The highest BCUT2D eigenvalue weighted by Crippen LogP contribution is 2.39. The highest BCUT2D eigenvalue weighted by atomic mass is 32.2. The summed E-state index contributed by atoms with van der Waals surface area (Å²) >= 11 is 7.21. The van der Waals surface area contributed by atoms with Crippen LogP contribution in [-0.2, 0) is 17.1 Å². The van der Waals surface area contributed by atoms with E-state index in [4.69, 9.17) is 12.2 Å². The number of thiophene rings is 1. The quantitative estimate of drug-likeness (QED) is 0.276. The van der Waals surface area contributed by atoms with E-state index in [1.165, 1.54) is 17.4 Å². The van der Waals surface area contributed by atoms with Crippen molar-refractivity contribution < 1.29 is 31.1 Å². The Balaban J connectivity index is 1.78. The molecule has 1 amide bonds. The second-order valence-electron chi connectivity index (χ2n) is 6.21. The lowest BCUT2D eigenvalue weighted by molar-refractivity contribution is -0.144. The fourth-order valence-corrected chi connectivity index (χ4v) is 4.70. The summed E-state index contributed by atoms with van der Waals surface area (Å²) in [6.45, 7) is 0. The minimum atomic E-state index is -5.06. The van der Waals surface area contributed by atoms with Crippen molar-refractivity contribution in [2.45, 2.75) is 12.4 Å². The van der Waals surface area contributed by atoms with Crippen LogP contribution in [0.1, 0.15) is 16.1 Å². The molecule has 13 heteroatoms. The Morgan fingerprint density at radius 1 is 1.03 bits per heavy atom. The van der Waals surface area contributed by atoms with Gasteiger partial charge >= 0.3 is 12.4 Å². The molecule has 0 radical (unpaired) electrons. The third-order valence-electron chi connectivity index (χ3n) is 4.10. The third-order valence-corrected chi connectivity index (χ3v) is 6.14. The first-order chi connectivity index (χ1) is 14.4. The lowest BCUT2D eigenvalue weighted by atomic mass is 10.1. The van der Waals surface area contributed by atoms with Crippen molar-refractivity contribution in [3.63, 3.8) is 0 Å². The Bertz CT molecular complexity index is 1260. The predicted molar refractivity (Wildman–Crippen MR) is 109 cm³/mol.